The van der Waals surface area contributed by atoms with Gasteiger partial charge >= 0.3 is 0 Å². The highest BCUT2D eigenvalue weighted by Crippen LogP contribution is 2.29. The van der Waals surface area contributed by atoms with E-state index in [0.717, 1.165) is 9.92 Å². The zero-order valence-corrected chi connectivity index (χ0v) is 12.2. The van der Waals surface area contributed by atoms with Crippen molar-refractivity contribution in [1.82, 2.24) is 4.98 Å². The van der Waals surface area contributed by atoms with E-state index < -0.39 is 0 Å². The molecule has 2 nitrogen and oxygen atoms in total. The number of hydrogen-bond acceptors (Lipinski definition) is 3. The summed E-state index contributed by atoms with van der Waals surface area (Å²) >= 11 is 1.57. The molecule has 0 fully saturated rings. The molecule has 1 aromatic carbocycles. The smallest absolute Gasteiger partial charge is 0.141 e. The van der Waals surface area contributed by atoms with Crippen LogP contribution in [0.1, 0.15) is 32.0 Å². The van der Waals surface area contributed by atoms with Crippen molar-refractivity contribution in [2.45, 2.75) is 36.1 Å². The van der Waals surface area contributed by atoms with Crippen molar-refractivity contribution in [1.29, 1.82) is 5.26 Å². The second-order valence-corrected chi connectivity index (χ2v) is 6.44. The average Bonchev–Trinajstić information content (AvgIpc) is 2.38. The zero-order chi connectivity index (χ0) is 13.9. The summed E-state index contributed by atoms with van der Waals surface area (Å²) in [6.45, 7) is 6.60. The summed E-state index contributed by atoms with van der Waals surface area (Å²) in [5, 5.41) is 9.68. The summed E-state index contributed by atoms with van der Waals surface area (Å²) in [4.78, 5) is 5.39. The molecular formula is C16H16N2S. The lowest BCUT2D eigenvalue weighted by atomic mass is 9.87. The molecule has 3 heteroatoms. The van der Waals surface area contributed by atoms with Gasteiger partial charge in [-0.1, -0.05) is 50.7 Å². The SMILES string of the molecule is CC(C)(C)c1ccc(Sc2cccc(C#N)n2)cc1. The molecule has 0 saturated heterocycles. The molecule has 0 aliphatic rings. The van der Waals surface area contributed by atoms with Gasteiger partial charge in [-0.25, -0.2) is 4.98 Å². The Bertz CT molecular complexity index is 604. The standard InChI is InChI=1S/C16H16N2S/c1-16(2,3)12-7-9-14(10-8-12)19-15-6-4-5-13(11-17)18-15/h4-10H,1-3H3. The molecule has 1 heterocycles. The maximum atomic E-state index is 8.83. The number of benzene rings is 1. The van der Waals surface area contributed by atoms with Crippen LogP contribution in [0.3, 0.4) is 0 Å². The van der Waals surface area contributed by atoms with Gasteiger partial charge in [0.25, 0.3) is 0 Å². The quantitative estimate of drug-likeness (QED) is 0.810. The molecule has 0 N–H and O–H groups in total. The molecule has 0 amide bonds. The Morgan fingerprint density at radius 3 is 2.32 bits per heavy atom. The lowest BCUT2D eigenvalue weighted by molar-refractivity contribution is 0.590. The summed E-state index contributed by atoms with van der Waals surface area (Å²) in [5.74, 6) is 0. The topological polar surface area (TPSA) is 36.7 Å². The summed E-state index contributed by atoms with van der Waals surface area (Å²) in [7, 11) is 0. The van der Waals surface area contributed by atoms with Crippen LogP contribution in [-0.4, -0.2) is 4.98 Å². The first-order valence-electron chi connectivity index (χ1n) is 6.14. The van der Waals surface area contributed by atoms with E-state index in [4.69, 9.17) is 5.26 Å². The predicted molar refractivity (Wildman–Crippen MR) is 78.2 cm³/mol. The van der Waals surface area contributed by atoms with Crippen LogP contribution in [0, 0.1) is 11.3 Å². The second-order valence-electron chi connectivity index (χ2n) is 5.35. The zero-order valence-electron chi connectivity index (χ0n) is 11.3. The first-order valence-corrected chi connectivity index (χ1v) is 6.96. The van der Waals surface area contributed by atoms with Crippen molar-refractivity contribution in [3.63, 3.8) is 0 Å². The Morgan fingerprint density at radius 1 is 1.05 bits per heavy atom. The third-order valence-electron chi connectivity index (χ3n) is 2.78. The molecule has 0 radical (unpaired) electrons. The molecule has 0 spiro atoms. The molecule has 0 unspecified atom stereocenters. The van der Waals surface area contributed by atoms with Crippen LogP contribution in [0.25, 0.3) is 0 Å². The lowest BCUT2D eigenvalue weighted by Gasteiger charge is -2.18. The van der Waals surface area contributed by atoms with Gasteiger partial charge in [-0.3, -0.25) is 0 Å². The minimum atomic E-state index is 0.169. The maximum absolute atomic E-state index is 8.83. The molecule has 0 aliphatic heterocycles. The molecule has 19 heavy (non-hydrogen) atoms. The summed E-state index contributed by atoms with van der Waals surface area (Å²) in [6.07, 6.45) is 0. The monoisotopic (exact) mass is 268 g/mol. The van der Waals surface area contributed by atoms with Crippen LogP contribution in [0.2, 0.25) is 0 Å². The highest BCUT2D eigenvalue weighted by atomic mass is 32.2. The van der Waals surface area contributed by atoms with Gasteiger partial charge < -0.3 is 0 Å². The van der Waals surface area contributed by atoms with Crippen LogP contribution < -0.4 is 0 Å². The number of rotatable bonds is 2. The van der Waals surface area contributed by atoms with Crippen molar-refractivity contribution in [3.05, 3.63) is 53.7 Å². The fourth-order valence-corrected chi connectivity index (χ4v) is 2.48. The van der Waals surface area contributed by atoms with Crippen molar-refractivity contribution in [2.75, 3.05) is 0 Å². The molecule has 0 atom stereocenters. The fourth-order valence-electron chi connectivity index (χ4n) is 1.68. The first kappa shape index (κ1) is 13.6. The molecule has 2 aromatic rings. The highest BCUT2D eigenvalue weighted by molar-refractivity contribution is 7.99. The Morgan fingerprint density at radius 2 is 1.74 bits per heavy atom. The van der Waals surface area contributed by atoms with Crippen LogP contribution in [-0.2, 0) is 5.41 Å². The van der Waals surface area contributed by atoms with Gasteiger partial charge in [-0.15, -0.1) is 0 Å². The van der Waals surface area contributed by atoms with E-state index in [1.807, 2.05) is 12.1 Å². The van der Waals surface area contributed by atoms with E-state index in [-0.39, 0.29) is 5.41 Å². The van der Waals surface area contributed by atoms with Crippen molar-refractivity contribution in [3.8, 4) is 6.07 Å². The highest BCUT2D eigenvalue weighted by Gasteiger charge is 2.13. The number of pyridine rings is 1. The summed E-state index contributed by atoms with van der Waals surface area (Å²) in [6, 6.07) is 16.1. The Balaban J connectivity index is 2.18. The van der Waals surface area contributed by atoms with Crippen molar-refractivity contribution < 1.29 is 0 Å². The largest absolute Gasteiger partial charge is 0.230 e. The van der Waals surface area contributed by atoms with Gasteiger partial charge in [-0.05, 0) is 35.2 Å². The number of aromatic nitrogens is 1. The maximum Gasteiger partial charge on any atom is 0.141 e. The van der Waals surface area contributed by atoms with E-state index >= 15 is 0 Å². The minimum Gasteiger partial charge on any atom is -0.230 e. The van der Waals surface area contributed by atoms with Crippen LogP contribution >= 0.6 is 11.8 Å². The molecule has 1 aromatic heterocycles. The molecule has 2 rings (SSSR count). The van der Waals surface area contributed by atoms with Crippen LogP contribution in [0.15, 0.2) is 52.4 Å². The van der Waals surface area contributed by atoms with E-state index in [2.05, 4.69) is 56.1 Å². The second kappa shape index (κ2) is 5.46. The molecule has 0 bridgehead atoms. The normalized spacial score (nSPS) is 11.1. The predicted octanol–water partition coefficient (Wildman–Crippen LogP) is 4.40. The molecule has 0 saturated carbocycles. The van der Waals surface area contributed by atoms with Crippen molar-refractivity contribution >= 4 is 11.8 Å². The Labute approximate surface area is 118 Å². The number of nitrogens with zero attached hydrogens (tertiary/aromatic N) is 2. The van der Waals surface area contributed by atoms with Crippen LogP contribution in [0.5, 0.6) is 0 Å². The van der Waals surface area contributed by atoms with Gasteiger partial charge in [-0.2, -0.15) is 5.26 Å². The number of nitriles is 1. The number of hydrogen-bond donors (Lipinski definition) is 0. The van der Waals surface area contributed by atoms with Gasteiger partial charge in [0.15, 0.2) is 0 Å². The van der Waals surface area contributed by atoms with Crippen molar-refractivity contribution in [2.24, 2.45) is 0 Å². The minimum absolute atomic E-state index is 0.169. The molecule has 0 aliphatic carbocycles. The third kappa shape index (κ3) is 3.59. The van der Waals surface area contributed by atoms with E-state index in [0.29, 0.717) is 5.69 Å². The average molecular weight is 268 g/mol. The van der Waals surface area contributed by atoms with Gasteiger partial charge in [0.2, 0.25) is 0 Å². The van der Waals surface area contributed by atoms with Crippen LogP contribution in [0.4, 0.5) is 0 Å². The first-order chi connectivity index (χ1) is 8.99. The van der Waals surface area contributed by atoms with Gasteiger partial charge in [0, 0.05) is 4.90 Å². The molecular weight excluding hydrogens is 252 g/mol. The third-order valence-corrected chi connectivity index (χ3v) is 3.73. The lowest BCUT2D eigenvalue weighted by Crippen LogP contribution is -2.10. The Hall–Kier alpha value is -1.79. The Kier molecular flexibility index (Phi) is 3.92. The molecule has 96 valence electrons. The summed E-state index contributed by atoms with van der Waals surface area (Å²) < 4.78 is 0. The fraction of sp³-hybridized carbons (Fsp3) is 0.250. The van der Waals surface area contributed by atoms with E-state index in [1.54, 1.807) is 17.8 Å². The van der Waals surface area contributed by atoms with Gasteiger partial charge in [0.1, 0.15) is 16.8 Å². The summed E-state index contributed by atoms with van der Waals surface area (Å²) in [5.41, 5.74) is 1.94. The van der Waals surface area contributed by atoms with Gasteiger partial charge in [0.05, 0.1) is 0 Å². The van der Waals surface area contributed by atoms with E-state index in [1.165, 1.54) is 5.56 Å². The van der Waals surface area contributed by atoms with E-state index in [9.17, 15) is 0 Å².